The van der Waals surface area contributed by atoms with Crippen LogP contribution in [0, 0.1) is 5.41 Å². The van der Waals surface area contributed by atoms with Crippen LogP contribution in [0.4, 0.5) is 36.4 Å². The summed E-state index contributed by atoms with van der Waals surface area (Å²) in [5.74, 6) is -3.93. The minimum absolute atomic E-state index is 0.00630. The Morgan fingerprint density at radius 1 is 1.19 bits per heavy atom. The first kappa shape index (κ1) is 21.2. The SMILES string of the molecule is N=Cc1c(Nc2ncc(C(F)(F)CF)c(NC3CC3)n2)ccnc1N[N+](O)(O)C1CC1. The normalized spacial score (nSPS) is 16.7. The number of halogens is 3. The highest BCUT2D eigenvalue weighted by atomic mass is 19.3. The van der Waals surface area contributed by atoms with Gasteiger partial charge in [0.15, 0.2) is 18.5 Å². The highest BCUT2D eigenvalue weighted by molar-refractivity contribution is 5.92. The molecule has 2 aromatic heterocycles. The first-order valence-corrected chi connectivity index (χ1v) is 9.70. The molecule has 0 saturated heterocycles. The quantitative estimate of drug-likeness (QED) is 0.188. The van der Waals surface area contributed by atoms with Gasteiger partial charge < -0.3 is 16.0 Å². The largest absolute Gasteiger partial charge is 0.367 e. The molecular weight excluding hydrogens is 417 g/mol. The number of hydroxylamine groups is 2. The number of nitrogens with zero attached hydrogens (tertiary/aromatic N) is 4. The molecule has 4 rings (SSSR count). The van der Waals surface area contributed by atoms with Crippen LogP contribution in [-0.4, -0.2) is 55.3 Å². The number of nitrogens with one attached hydrogen (secondary N) is 4. The Morgan fingerprint density at radius 2 is 1.94 bits per heavy atom. The minimum Gasteiger partial charge on any atom is -0.367 e. The summed E-state index contributed by atoms with van der Waals surface area (Å²) in [6.07, 6.45) is 6.01. The molecule has 31 heavy (non-hydrogen) atoms. The molecule has 2 heterocycles. The van der Waals surface area contributed by atoms with E-state index < -0.39 is 29.1 Å². The third-order valence-corrected chi connectivity index (χ3v) is 4.98. The minimum atomic E-state index is -3.73. The van der Waals surface area contributed by atoms with E-state index in [0.29, 0.717) is 12.8 Å². The van der Waals surface area contributed by atoms with Crippen LogP contribution >= 0.6 is 0 Å². The zero-order valence-electron chi connectivity index (χ0n) is 16.3. The van der Waals surface area contributed by atoms with Crippen LogP contribution in [0.15, 0.2) is 18.5 Å². The van der Waals surface area contributed by atoms with Crippen LogP contribution in [0.5, 0.6) is 0 Å². The molecule has 2 saturated carbocycles. The highest BCUT2D eigenvalue weighted by Gasteiger charge is 2.46. The Labute approximate surface area is 175 Å². The summed E-state index contributed by atoms with van der Waals surface area (Å²) in [4.78, 5) is 10.5. The van der Waals surface area contributed by atoms with E-state index in [1.807, 2.05) is 0 Å². The van der Waals surface area contributed by atoms with E-state index in [1.165, 1.54) is 12.3 Å². The lowest BCUT2D eigenvalue weighted by atomic mass is 10.1. The van der Waals surface area contributed by atoms with Gasteiger partial charge in [0.1, 0.15) is 5.82 Å². The van der Waals surface area contributed by atoms with Gasteiger partial charge in [0.25, 0.3) is 0 Å². The predicted octanol–water partition coefficient (Wildman–Crippen LogP) is 3.33. The molecule has 0 bridgehead atoms. The fourth-order valence-electron chi connectivity index (χ4n) is 2.93. The van der Waals surface area contributed by atoms with E-state index in [4.69, 9.17) is 5.41 Å². The molecule has 2 aromatic rings. The van der Waals surface area contributed by atoms with Crippen molar-refractivity contribution in [2.45, 2.75) is 43.7 Å². The van der Waals surface area contributed by atoms with Crippen LogP contribution < -0.4 is 16.1 Å². The molecule has 2 aliphatic carbocycles. The molecule has 0 aliphatic heterocycles. The second-order valence-corrected chi connectivity index (χ2v) is 7.60. The van der Waals surface area contributed by atoms with E-state index in [9.17, 15) is 23.6 Å². The summed E-state index contributed by atoms with van der Waals surface area (Å²) in [6, 6.07) is 1.09. The van der Waals surface area contributed by atoms with E-state index in [0.717, 1.165) is 25.3 Å². The lowest BCUT2D eigenvalue weighted by Gasteiger charge is -2.22. The number of alkyl halides is 3. The maximum atomic E-state index is 14.0. The van der Waals surface area contributed by atoms with Crippen molar-refractivity contribution in [2.75, 3.05) is 22.7 Å². The Hall–Kier alpha value is -3.03. The summed E-state index contributed by atoms with van der Waals surface area (Å²) in [5.41, 5.74) is 2.28. The number of rotatable bonds is 10. The Bertz CT molecular complexity index is 982. The summed E-state index contributed by atoms with van der Waals surface area (Å²) in [6.45, 7) is -1.87. The second-order valence-electron chi connectivity index (χ2n) is 7.60. The van der Waals surface area contributed by atoms with Crippen molar-refractivity contribution in [3.05, 3.63) is 29.6 Å². The number of aromatic nitrogens is 3. The van der Waals surface area contributed by atoms with Crippen molar-refractivity contribution < 1.29 is 28.5 Å². The highest BCUT2D eigenvalue weighted by Crippen LogP contribution is 2.36. The Morgan fingerprint density at radius 3 is 2.55 bits per heavy atom. The van der Waals surface area contributed by atoms with Gasteiger partial charge in [-0.15, -0.1) is 0 Å². The third-order valence-electron chi connectivity index (χ3n) is 4.98. The van der Waals surface area contributed by atoms with Crippen molar-refractivity contribution in [2.24, 2.45) is 0 Å². The van der Waals surface area contributed by atoms with Gasteiger partial charge in [0.05, 0.1) is 21.7 Å². The summed E-state index contributed by atoms with van der Waals surface area (Å²) >= 11 is 0. The zero-order chi connectivity index (χ0) is 22.2. The van der Waals surface area contributed by atoms with Crippen LogP contribution in [-0.2, 0) is 5.92 Å². The molecule has 0 atom stereocenters. The first-order chi connectivity index (χ1) is 14.7. The maximum absolute atomic E-state index is 14.0. The van der Waals surface area contributed by atoms with Gasteiger partial charge >= 0.3 is 5.92 Å². The molecule has 0 aromatic carbocycles. The van der Waals surface area contributed by atoms with Crippen LogP contribution in [0.2, 0.25) is 0 Å². The van der Waals surface area contributed by atoms with Crippen molar-refractivity contribution in [3.8, 4) is 0 Å². The van der Waals surface area contributed by atoms with Crippen LogP contribution in [0.1, 0.15) is 36.8 Å². The molecule has 13 heteroatoms. The number of anilines is 4. The molecular formula is C18H22F3N8O2+. The molecule has 0 unspecified atom stereocenters. The molecule has 0 radical (unpaired) electrons. The summed E-state index contributed by atoms with van der Waals surface area (Å²) in [7, 11) is 0. The lowest BCUT2D eigenvalue weighted by Crippen LogP contribution is -2.49. The molecule has 2 aliphatic rings. The van der Waals surface area contributed by atoms with Crippen molar-refractivity contribution in [1.29, 1.82) is 5.41 Å². The molecule has 10 nitrogen and oxygen atoms in total. The number of hydrogen-bond acceptors (Lipinski definition) is 9. The zero-order valence-corrected chi connectivity index (χ0v) is 16.3. The second kappa shape index (κ2) is 7.90. The fourth-order valence-corrected chi connectivity index (χ4v) is 2.93. The van der Waals surface area contributed by atoms with Crippen LogP contribution in [0.3, 0.4) is 0 Å². The van der Waals surface area contributed by atoms with Gasteiger partial charge in [-0.1, -0.05) is 0 Å². The number of quaternary nitrogens is 1. The van der Waals surface area contributed by atoms with Gasteiger partial charge in [-0.25, -0.2) is 14.4 Å². The average Bonchev–Trinajstić information content (AvgIpc) is 3.61. The molecule has 0 amide bonds. The van der Waals surface area contributed by atoms with E-state index >= 15 is 0 Å². The van der Waals surface area contributed by atoms with Gasteiger partial charge in [0, 0.05) is 37.5 Å². The van der Waals surface area contributed by atoms with Gasteiger partial charge in [-0.05, 0) is 18.9 Å². The summed E-state index contributed by atoms with van der Waals surface area (Å²) in [5, 5.41) is 33.5. The summed E-state index contributed by atoms with van der Waals surface area (Å²) < 4.78 is 40.8. The molecule has 2 fully saturated rings. The molecule has 6 N–H and O–H groups in total. The predicted molar refractivity (Wildman–Crippen MR) is 104 cm³/mol. The monoisotopic (exact) mass is 439 g/mol. The Kier molecular flexibility index (Phi) is 5.41. The number of pyridine rings is 1. The standard InChI is InChI=1S/C18H22F3N8O2/c19-9-18(20,21)13-8-24-17(27-16(13)25-10-1-2-10)26-14-5-6-23-15(12(14)7-22)28-29(30,31)11-3-4-11/h5-8,10-11,22,30-31H,1-4,9H2,(H3,23,24,25,26,27,28)/q+1. The van der Waals surface area contributed by atoms with Crippen LogP contribution in [0.25, 0.3) is 0 Å². The van der Waals surface area contributed by atoms with Crippen molar-refractivity contribution >= 4 is 29.5 Å². The smallest absolute Gasteiger partial charge is 0.306 e. The van der Waals surface area contributed by atoms with Gasteiger partial charge in [-0.3, -0.25) is 0 Å². The Balaban J connectivity index is 1.62. The molecule has 0 spiro atoms. The molecule has 166 valence electrons. The fraction of sp³-hybridized carbons (Fsp3) is 0.444. The van der Waals surface area contributed by atoms with Crippen molar-refractivity contribution in [3.63, 3.8) is 0 Å². The number of hydrogen-bond donors (Lipinski definition) is 6. The topological polar surface area (TPSA) is 139 Å². The lowest BCUT2D eigenvalue weighted by molar-refractivity contribution is -1.24. The van der Waals surface area contributed by atoms with E-state index in [1.54, 1.807) is 0 Å². The maximum Gasteiger partial charge on any atom is 0.306 e. The first-order valence-electron chi connectivity index (χ1n) is 9.70. The third kappa shape index (κ3) is 4.68. The van der Waals surface area contributed by atoms with Gasteiger partial charge in [0.2, 0.25) is 5.95 Å². The van der Waals surface area contributed by atoms with Gasteiger partial charge in [-0.2, -0.15) is 29.6 Å². The average molecular weight is 439 g/mol. The van der Waals surface area contributed by atoms with Crippen molar-refractivity contribution in [1.82, 2.24) is 15.0 Å². The van der Waals surface area contributed by atoms with E-state index in [2.05, 4.69) is 31.0 Å². The van der Waals surface area contributed by atoms with E-state index in [-0.39, 0.29) is 34.9 Å².